The van der Waals surface area contributed by atoms with E-state index in [-0.39, 0.29) is 11.8 Å². The van der Waals surface area contributed by atoms with Crippen molar-refractivity contribution >= 4 is 34.8 Å². The molecule has 0 unspecified atom stereocenters. The zero-order valence-corrected chi connectivity index (χ0v) is 15.8. The maximum absolute atomic E-state index is 12.4. The summed E-state index contributed by atoms with van der Waals surface area (Å²) in [6, 6.07) is 11.8. The van der Waals surface area contributed by atoms with Gasteiger partial charge in [0.1, 0.15) is 0 Å². The number of piperazine rings is 1. The van der Waals surface area contributed by atoms with Gasteiger partial charge in [0.2, 0.25) is 11.8 Å². The zero-order valence-electron chi connectivity index (χ0n) is 15.1. The molecule has 2 N–H and O–H groups in total. The van der Waals surface area contributed by atoms with E-state index in [2.05, 4.69) is 22.8 Å². The van der Waals surface area contributed by atoms with Crippen molar-refractivity contribution in [2.45, 2.75) is 25.7 Å². The number of amides is 2. The quantitative estimate of drug-likeness (QED) is 0.853. The molecule has 2 aliphatic rings. The van der Waals surface area contributed by atoms with Gasteiger partial charge in [-0.15, -0.1) is 0 Å². The molecule has 1 saturated heterocycles. The predicted molar refractivity (Wildman–Crippen MR) is 107 cm³/mol. The minimum atomic E-state index is -0.0610. The number of hydrogen-bond acceptors (Lipinski definition) is 3. The second-order valence-electron chi connectivity index (χ2n) is 7.12. The second-order valence-corrected chi connectivity index (χ2v) is 7.53. The van der Waals surface area contributed by atoms with E-state index in [0.717, 1.165) is 30.6 Å². The third-order valence-electron chi connectivity index (χ3n) is 5.14. The van der Waals surface area contributed by atoms with E-state index in [1.165, 1.54) is 17.5 Å². The summed E-state index contributed by atoms with van der Waals surface area (Å²) in [6.07, 6.45) is 3.80. The molecule has 1 aliphatic heterocycles. The Balaban J connectivity index is 1.41. The van der Waals surface area contributed by atoms with E-state index < -0.39 is 0 Å². The van der Waals surface area contributed by atoms with Gasteiger partial charge in [-0.3, -0.25) is 9.59 Å². The molecule has 0 spiro atoms. The average Bonchev–Trinajstić information content (AvgIpc) is 3.09. The van der Waals surface area contributed by atoms with Crippen LogP contribution in [0.5, 0.6) is 0 Å². The Morgan fingerprint density at radius 3 is 2.81 bits per heavy atom. The number of carbonyl (C=O) groups excluding carboxylic acids is 2. The molecule has 2 aromatic rings. The van der Waals surface area contributed by atoms with Gasteiger partial charge in [0.25, 0.3) is 0 Å². The Morgan fingerprint density at radius 1 is 1.15 bits per heavy atom. The van der Waals surface area contributed by atoms with Crippen molar-refractivity contribution < 1.29 is 9.59 Å². The molecule has 0 aromatic heterocycles. The first-order valence-corrected chi connectivity index (χ1v) is 9.68. The molecule has 2 aromatic carbocycles. The Morgan fingerprint density at radius 2 is 2.00 bits per heavy atom. The number of carbonyl (C=O) groups is 2. The first kappa shape index (κ1) is 17.9. The van der Waals surface area contributed by atoms with Crippen LogP contribution in [0.25, 0.3) is 0 Å². The minimum Gasteiger partial charge on any atom is -0.359 e. The van der Waals surface area contributed by atoms with Crippen molar-refractivity contribution in [3.8, 4) is 0 Å². The van der Waals surface area contributed by atoms with Gasteiger partial charge in [-0.25, -0.2) is 0 Å². The number of anilines is 2. The molecule has 1 heterocycles. The van der Waals surface area contributed by atoms with Gasteiger partial charge in [-0.2, -0.15) is 0 Å². The fraction of sp³-hybridized carbons (Fsp3) is 0.333. The van der Waals surface area contributed by atoms with Gasteiger partial charge < -0.3 is 15.5 Å². The molecular formula is C21H22ClN3O2. The van der Waals surface area contributed by atoms with Crippen LogP contribution in [-0.4, -0.2) is 31.4 Å². The van der Waals surface area contributed by atoms with Gasteiger partial charge >= 0.3 is 0 Å². The number of benzene rings is 2. The minimum absolute atomic E-state index is 0.0101. The van der Waals surface area contributed by atoms with Gasteiger partial charge in [0, 0.05) is 18.8 Å². The van der Waals surface area contributed by atoms with Crippen LogP contribution in [0, 0.1) is 0 Å². The van der Waals surface area contributed by atoms with Crippen molar-refractivity contribution in [1.82, 2.24) is 5.32 Å². The third kappa shape index (κ3) is 4.08. The SMILES string of the molecule is O=C1CN(c2ccc(NC(=O)Cc3ccc4c(c3)CCC4)cc2Cl)CCN1. The van der Waals surface area contributed by atoms with E-state index in [1.807, 2.05) is 23.1 Å². The number of fused-ring (bicyclic) bond motifs is 1. The zero-order chi connectivity index (χ0) is 18.8. The number of halogens is 1. The van der Waals surface area contributed by atoms with Crippen molar-refractivity contribution in [3.63, 3.8) is 0 Å². The molecule has 4 rings (SSSR count). The third-order valence-corrected chi connectivity index (χ3v) is 5.44. The highest BCUT2D eigenvalue weighted by Gasteiger charge is 2.19. The highest BCUT2D eigenvalue weighted by Crippen LogP contribution is 2.29. The van der Waals surface area contributed by atoms with Gasteiger partial charge in [0.15, 0.2) is 0 Å². The first-order valence-electron chi connectivity index (χ1n) is 9.30. The number of hydrogen-bond donors (Lipinski definition) is 2. The number of aryl methyl sites for hydroxylation is 2. The maximum atomic E-state index is 12.4. The van der Waals surface area contributed by atoms with Crippen LogP contribution in [0.3, 0.4) is 0 Å². The largest absolute Gasteiger partial charge is 0.359 e. The van der Waals surface area contributed by atoms with Crippen molar-refractivity contribution in [2.24, 2.45) is 0 Å². The van der Waals surface area contributed by atoms with Crippen molar-refractivity contribution in [3.05, 3.63) is 58.1 Å². The normalized spacial score (nSPS) is 16.0. The standard InChI is InChI=1S/C21H22ClN3O2/c22-18-12-17(6-7-19(18)25-9-8-23-21(27)13-25)24-20(26)11-14-4-5-15-2-1-3-16(15)10-14/h4-7,10,12H,1-3,8-9,11,13H2,(H,23,27)(H,24,26). The fourth-order valence-electron chi connectivity index (χ4n) is 3.81. The molecule has 0 bridgehead atoms. The Kier molecular flexibility index (Phi) is 5.03. The lowest BCUT2D eigenvalue weighted by atomic mass is 10.0. The maximum Gasteiger partial charge on any atom is 0.239 e. The van der Waals surface area contributed by atoms with Gasteiger partial charge in [-0.05, 0) is 54.2 Å². The number of nitrogens with one attached hydrogen (secondary N) is 2. The summed E-state index contributed by atoms with van der Waals surface area (Å²) < 4.78 is 0. The number of nitrogens with zero attached hydrogens (tertiary/aromatic N) is 1. The molecule has 1 fully saturated rings. The molecule has 140 valence electrons. The molecule has 0 atom stereocenters. The first-order chi connectivity index (χ1) is 13.1. The molecule has 6 heteroatoms. The monoisotopic (exact) mass is 383 g/mol. The highest BCUT2D eigenvalue weighted by atomic mass is 35.5. The molecule has 0 radical (unpaired) electrons. The van der Waals surface area contributed by atoms with Crippen LogP contribution >= 0.6 is 11.6 Å². The summed E-state index contributed by atoms with van der Waals surface area (Å²) >= 11 is 6.39. The molecule has 1 aliphatic carbocycles. The van der Waals surface area contributed by atoms with Crippen LogP contribution in [-0.2, 0) is 28.9 Å². The summed E-state index contributed by atoms with van der Waals surface area (Å²) in [5, 5.41) is 6.24. The second kappa shape index (κ2) is 7.61. The fourth-order valence-corrected chi connectivity index (χ4v) is 4.11. The summed E-state index contributed by atoms with van der Waals surface area (Å²) in [7, 11) is 0. The van der Waals surface area contributed by atoms with Gasteiger partial charge in [0.05, 0.1) is 23.7 Å². The summed E-state index contributed by atoms with van der Waals surface area (Å²) in [6.45, 7) is 1.62. The predicted octanol–water partition coefficient (Wildman–Crippen LogP) is 2.95. The highest BCUT2D eigenvalue weighted by molar-refractivity contribution is 6.33. The van der Waals surface area contributed by atoms with Crippen LogP contribution in [0.2, 0.25) is 5.02 Å². The van der Waals surface area contributed by atoms with E-state index in [1.54, 1.807) is 6.07 Å². The van der Waals surface area contributed by atoms with Crippen LogP contribution in [0.15, 0.2) is 36.4 Å². The van der Waals surface area contributed by atoms with Crippen LogP contribution < -0.4 is 15.5 Å². The van der Waals surface area contributed by atoms with Crippen molar-refractivity contribution in [2.75, 3.05) is 29.9 Å². The summed E-state index contributed by atoms with van der Waals surface area (Å²) in [5.74, 6) is -0.0712. The summed E-state index contributed by atoms with van der Waals surface area (Å²) in [5.41, 5.74) is 5.29. The van der Waals surface area contributed by atoms with E-state index in [4.69, 9.17) is 11.6 Å². The lowest BCUT2D eigenvalue weighted by Crippen LogP contribution is -2.47. The average molecular weight is 384 g/mol. The molecule has 0 saturated carbocycles. The van der Waals surface area contributed by atoms with E-state index in [9.17, 15) is 9.59 Å². The lowest BCUT2D eigenvalue weighted by molar-refractivity contribution is -0.120. The van der Waals surface area contributed by atoms with Crippen LogP contribution in [0.1, 0.15) is 23.1 Å². The van der Waals surface area contributed by atoms with E-state index >= 15 is 0 Å². The molecule has 27 heavy (non-hydrogen) atoms. The molecule has 5 nitrogen and oxygen atoms in total. The van der Waals surface area contributed by atoms with E-state index in [0.29, 0.717) is 30.2 Å². The Labute approximate surface area is 163 Å². The Hall–Kier alpha value is -2.53. The lowest BCUT2D eigenvalue weighted by Gasteiger charge is -2.29. The van der Waals surface area contributed by atoms with Crippen LogP contribution in [0.4, 0.5) is 11.4 Å². The summed E-state index contributed by atoms with van der Waals surface area (Å²) in [4.78, 5) is 25.9. The number of rotatable bonds is 4. The molecule has 2 amide bonds. The Bertz CT molecular complexity index is 897. The van der Waals surface area contributed by atoms with Crippen molar-refractivity contribution in [1.29, 1.82) is 0 Å². The smallest absolute Gasteiger partial charge is 0.239 e. The van der Waals surface area contributed by atoms with Gasteiger partial charge in [-0.1, -0.05) is 29.8 Å². The molecular weight excluding hydrogens is 362 g/mol. The topological polar surface area (TPSA) is 61.4 Å².